The Kier molecular flexibility index (Phi) is 9.53. The molecule has 23 heavy (non-hydrogen) atoms. The zero-order valence-electron chi connectivity index (χ0n) is 13.7. The van der Waals surface area contributed by atoms with Crippen LogP contribution in [0.3, 0.4) is 0 Å². The van der Waals surface area contributed by atoms with Gasteiger partial charge in [0.2, 0.25) is 0 Å². The highest BCUT2D eigenvalue weighted by atomic mass is 127. The molecule has 0 aliphatic carbocycles. The first-order valence-electron chi connectivity index (χ1n) is 7.65. The van der Waals surface area contributed by atoms with Gasteiger partial charge in [-0.05, 0) is 37.7 Å². The molecule has 1 aliphatic heterocycles. The molecule has 0 saturated carbocycles. The molecule has 1 aliphatic rings. The van der Waals surface area contributed by atoms with Crippen molar-refractivity contribution in [3.63, 3.8) is 0 Å². The number of hydrogen-bond acceptors (Lipinski definition) is 3. The Balaban J connectivity index is 0.00000264. The van der Waals surface area contributed by atoms with Crippen LogP contribution >= 0.6 is 35.7 Å². The molecule has 1 fully saturated rings. The van der Waals surface area contributed by atoms with Gasteiger partial charge in [-0.3, -0.25) is 9.20 Å². The number of guanidine groups is 1. The van der Waals surface area contributed by atoms with Gasteiger partial charge in [-0.1, -0.05) is 18.2 Å². The van der Waals surface area contributed by atoms with E-state index < -0.39 is 10.8 Å². The smallest absolute Gasteiger partial charge is 0.191 e. The minimum absolute atomic E-state index is 0. The quantitative estimate of drug-likeness (QED) is 0.384. The number of hydrogen-bond donors (Lipinski definition) is 2. The van der Waals surface area contributed by atoms with Gasteiger partial charge in [-0.15, -0.1) is 24.0 Å². The maximum absolute atomic E-state index is 12.1. The lowest BCUT2D eigenvalue weighted by Gasteiger charge is -2.24. The van der Waals surface area contributed by atoms with E-state index in [4.69, 9.17) is 0 Å². The molecule has 1 aromatic rings. The van der Waals surface area contributed by atoms with Gasteiger partial charge < -0.3 is 10.6 Å². The average Bonchev–Trinajstić information content (AvgIpc) is 2.98. The van der Waals surface area contributed by atoms with Crippen LogP contribution in [0.1, 0.15) is 19.8 Å². The standard InChI is InChI=1S/C16H25N3OS2.HI/c1-16(9-6-11-21-16)13-19-15(17-2)18-10-12-22(20)14-7-4-3-5-8-14;/h3-5,7-8H,6,9-13H2,1-2H3,(H2,17,18,19);1H. The largest absolute Gasteiger partial charge is 0.355 e. The summed E-state index contributed by atoms with van der Waals surface area (Å²) in [7, 11) is 0.806. The number of aliphatic imine (C=N–C) groups is 1. The first kappa shape index (κ1) is 20.8. The SMILES string of the molecule is CN=C(NCCS(=O)c1ccccc1)NCC1(C)CCCS1.I. The first-order valence-corrected chi connectivity index (χ1v) is 9.95. The van der Waals surface area contributed by atoms with Gasteiger partial charge in [0.25, 0.3) is 0 Å². The summed E-state index contributed by atoms with van der Waals surface area (Å²) in [6.45, 7) is 3.86. The van der Waals surface area contributed by atoms with Crippen molar-refractivity contribution in [1.29, 1.82) is 0 Å². The number of benzene rings is 1. The van der Waals surface area contributed by atoms with E-state index >= 15 is 0 Å². The number of rotatable bonds is 6. The van der Waals surface area contributed by atoms with Crippen molar-refractivity contribution < 1.29 is 4.21 Å². The van der Waals surface area contributed by atoms with E-state index in [0.29, 0.717) is 17.0 Å². The minimum Gasteiger partial charge on any atom is -0.355 e. The Morgan fingerprint density at radius 2 is 2.09 bits per heavy atom. The van der Waals surface area contributed by atoms with Gasteiger partial charge >= 0.3 is 0 Å². The molecule has 2 unspecified atom stereocenters. The van der Waals surface area contributed by atoms with Crippen molar-refractivity contribution in [2.45, 2.75) is 29.4 Å². The van der Waals surface area contributed by atoms with Gasteiger partial charge in [0.1, 0.15) is 0 Å². The van der Waals surface area contributed by atoms with Crippen LogP contribution in [-0.2, 0) is 10.8 Å². The molecule has 7 heteroatoms. The molecule has 4 nitrogen and oxygen atoms in total. The molecule has 2 rings (SSSR count). The van der Waals surface area contributed by atoms with Crippen molar-refractivity contribution in [2.75, 3.05) is 31.6 Å². The first-order chi connectivity index (χ1) is 10.6. The molecule has 1 aromatic carbocycles. The second kappa shape index (κ2) is 10.6. The average molecular weight is 467 g/mol. The summed E-state index contributed by atoms with van der Waals surface area (Å²) < 4.78 is 12.5. The lowest BCUT2D eigenvalue weighted by molar-refractivity contribution is 0.585. The summed E-state index contributed by atoms with van der Waals surface area (Å²) in [5.74, 6) is 2.62. The van der Waals surface area contributed by atoms with Crippen LogP contribution in [0.15, 0.2) is 40.2 Å². The van der Waals surface area contributed by atoms with Crippen LogP contribution in [-0.4, -0.2) is 46.6 Å². The Bertz CT molecular complexity index is 519. The van der Waals surface area contributed by atoms with Gasteiger partial charge in [0, 0.05) is 35.5 Å². The van der Waals surface area contributed by atoms with E-state index in [9.17, 15) is 4.21 Å². The molecule has 0 aromatic heterocycles. The Morgan fingerprint density at radius 3 is 2.70 bits per heavy atom. The molecular formula is C16H26IN3OS2. The third-order valence-corrected chi connectivity index (χ3v) is 6.65. The molecule has 1 saturated heterocycles. The normalized spacial score (nSPS) is 22.3. The molecule has 130 valence electrons. The predicted octanol–water partition coefficient (Wildman–Crippen LogP) is 2.86. The van der Waals surface area contributed by atoms with E-state index in [1.54, 1.807) is 7.05 Å². The van der Waals surface area contributed by atoms with Crippen molar-refractivity contribution in [3.8, 4) is 0 Å². The van der Waals surface area contributed by atoms with Crippen LogP contribution < -0.4 is 10.6 Å². The second-order valence-electron chi connectivity index (χ2n) is 5.62. The number of thioether (sulfide) groups is 1. The monoisotopic (exact) mass is 467 g/mol. The topological polar surface area (TPSA) is 53.5 Å². The fourth-order valence-electron chi connectivity index (χ4n) is 2.42. The molecule has 2 atom stereocenters. The van der Waals surface area contributed by atoms with Crippen LogP contribution in [0, 0.1) is 0 Å². The second-order valence-corrected chi connectivity index (χ2v) is 8.87. The van der Waals surface area contributed by atoms with Gasteiger partial charge in [0.05, 0.1) is 10.8 Å². The Hall–Kier alpha value is -0.280. The minimum atomic E-state index is -0.965. The molecule has 0 bridgehead atoms. The fraction of sp³-hybridized carbons (Fsp3) is 0.562. The van der Waals surface area contributed by atoms with E-state index in [-0.39, 0.29) is 24.0 Å². The van der Waals surface area contributed by atoms with Crippen molar-refractivity contribution in [2.24, 2.45) is 4.99 Å². The van der Waals surface area contributed by atoms with Gasteiger partial charge in [-0.25, -0.2) is 0 Å². The zero-order chi connectivity index (χ0) is 15.8. The van der Waals surface area contributed by atoms with E-state index in [1.807, 2.05) is 42.1 Å². The van der Waals surface area contributed by atoms with Crippen LogP contribution in [0.2, 0.25) is 0 Å². The van der Waals surface area contributed by atoms with Crippen molar-refractivity contribution >= 4 is 52.5 Å². The summed E-state index contributed by atoms with van der Waals surface area (Å²) in [6, 6.07) is 9.58. The zero-order valence-corrected chi connectivity index (χ0v) is 17.7. The molecule has 1 heterocycles. The lowest BCUT2D eigenvalue weighted by Crippen LogP contribution is -2.44. The molecule has 0 amide bonds. The highest BCUT2D eigenvalue weighted by molar-refractivity contribution is 14.0. The predicted molar refractivity (Wildman–Crippen MR) is 113 cm³/mol. The van der Waals surface area contributed by atoms with E-state index in [0.717, 1.165) is 17.4 Å². The number of nitrogens with one attached hydrogen (secondary N) is 2. The summed E-state index contributed by atoms with van der Waals surface area (Å²) in [6.07, 6.45) is 2.55. The van der Waals surface area contributed by atoms with E-state index in [2.05, 4.69) is 22.5 Å². The third-order valence-electron chi connectivity index (χ3n) is 3.74. The molecule has 0 radical (unpaired) electrons. The van der Waals surface area contributed by atoms with Crippen LogP contribution in [0.25, 0.3) is 0 Å². The fourth-order valence-corrected chi connectivity index (χ4v) is 4.65. The molecule has 2 N–H and O–H groups in total. The number of nitrogens with zero attached hydrogens (tertiary/aromatic N) is 1. The summed E-state index contributed by atoms with van der Waals surface area (Å²) in [5, 5.41) is 6.63. The summed E-state index contributed by atoms with van der Waals surface area (Å²) >= 11 is 2.03. The maximum atomic E-state index is 12.1. The molecular weight excluding hydrogens is 441 g/mol. The highest BCUT2D eigenvalue weighted by Gasteiger charge is 2.29. The van der Waals surface area contributed by atoms with Crippen LogP contribution in [0.4, 0.5) is 0 Å². The summed E-state index contributed by atoms with van der Waals surface area (Å²) in [5.41, 5.74) is 0. The Morgan fingerprint density at radius 1 is 1.35 bits per heavy atom. The van der Waals surface area contributed by atoms with Gasteiger partial charge in [-0.2, -0.15) is 11.8 Å². The third kappa shape index (κ3) is 7.01. The number of halogens is 1. The Labute approximate surface area is 163 Å². The van der Waals surface area contributed by atoms with Crippen molar-refractivity contribution in [1.82, 2.24) is 10.6 Å². The van der Waals surface area contributed by atoms with E-state index in [1.165, 1.54) is 18.6 Å². The van der Waals surface area contributed by atoms with Gasteiger partial charge in [0.15, 0.2) is 5.96 Å². The van der Waals surface area contributed by atoms with Crippen molar-refractivity contribution in [3.05, 3.63) is 30.3 Å². The maximum Gasteiger partial charge on any atom is 0.191 e. The van der Waals surface area contributed by atoms with Crippen LogP contribution in [0.5, 0.6) is 0 Å². The highest BCUT2D eigenvalue weighted by Crippen LogP contribution is 2.36. The lowest BCUT2D eigenvalue weighted by atomic mass is 10.1. The molecule has 0 spiro atoms. The summed E-state index contributed by atoms with van der Waals surface area (Å²) in [4.78, 5) is 5.11.